The summed E-state index contributed by atoms with van der Waals surface area (Å²) in [6.07, 6.45) is 0. The molecule has 2 aromatic rings. The minimum absolute atomic E-state index is 0.399. The summed E-state index contributed by atoms with van der Waals surface area (Å²) in [7, 11) is 0. The van der Waals surface area contributed by atoms with Gasteiger partial charge in [0.15, 0.2) is 0 Å². The van der Waals surface area contributed by atoms with E-state index in [9.17, 15) is 0 Å². The van der Waals surface area contributed by atoms with Crippen molar-refractivity contribution in [3.63, 3.8) is 0 Å². The Morgan fingerprint density at radius 3 is 2.94 bits per heavy atom. The zero-order valence-corrected chi connectivity index (χ0v) is 10.1. The smallest absolute Gasteiger partial charge is 0.233 e. The normalized spacial score (nSPS) is 10.7. The molecule has 0 unspecified atom stereocenters. The van der Waals surface area contributed by atoms with Crippen molar-refractivity contribution < 1.29 is 9.15 Å². The number of aryl methyl sites for hydroxylation is 1. The van der Waals surface area contributed by atoms with Gasteiger partial charge in [-0.05, 0) is 25.6 Å². The second-order valence-electron chi connectivity index (χ2n) is 3.83. The molecule has 5 heteroatoms. The van der Waals surface area contributed by atoms with Crippen LogP contribution in [0.4, 0.5) is 0 Å². The highest BCUT2D eigenvalue weighted by Crippen LogP contribution is 2.12. The molecule has 0 saturated carbocycles. The van der Waals surface area contributed by atoms with Crippen LogP contribution in [0.3, 0.4) is 0 Å². The van der Waals surface area contributed by atoms with Crippen molar-refractivity contribution in [3.8, 4) is 5.88 Å². The largest absolute Gasteiger partial charge is 0.468 e. The summed E-state index contributed by atoms with van der Waals surface area (Å²) in [4.78, 5) is 0. The molecule has 0 aliphatic rings. The minimum Gasteiger partial charge on any atom is -0.468 e. The van der Waals surface area contributed by atoms with Gasteiger partial charge in [0, 0.05) is 11.8 Å². The van der Waals surface area contributed by atoms with Crippen LogP contribution < -0.4 is 10.1 Å². The lowest BCUT2D eigenvalue weighted by atomic mass is 10.4. The Bertz CT molecular complexity index is 462. The van der Waals surface area contributed by atoms with Gasteiger partial charge in [-0.2, -0.15) is 0 Å². The van der Waals surface area contributed by atoms with Crippen LogP contribution in [0.1, 0.15) is 24.1 Å². The number of nitrogens with one attached hydrogen (secondary N) is 2. The summed E-state index contributed by atoms with van der Waals surface area (Å²) in [6.45, 7) is 6.07. The van der Waals surface area contributed by atoms with Gasteiger partial charge in [0.05, 0.1) is 6.54 Å². The van der Waals surface area contributed by atoms with Crippen molar-refractivity contribution in [2.45, 2.75) is 27.0 Å². The predicted molar refractivity (Wildman–Crippen MR) is 63.7 cm³/mol. The molecule has 2 heterocycles. The van der Waals surface area contributed by atoms with E-state index in [2.05, 4.69) is 22.4 Å². The molecule has 0 radical (unpaired) electrons. The highest BCUT2D eigenvalue weighted by molar-refractivity contribution is 5.13. The lowest BCUT2D eigenvalue weighted by molar-refractivity contribution is 0.255. The van der Waals surface area contributed by atoms with E-state index in [0.717, 1.165) is 30.3 Å². The Kier molecular flexibility index (Phi) is 3.82. The second-order valence-corrected chi connectivity index (χ2v) is 3.83. The van der Waals surface area contributed by atoms with E-state index in [4.69, 9.17) is 9.15 Å². The molecule has 0 aromatic carbocycles. The number of aromatic amines is 1. The van der Waals surface area contributed by atoms with E-state index in [1.807, 2.05) is 25.1 Å². The molecule has 0 fully saturated rings. The molecule has 0 amide bonds. The third-order valence-electron chi connectivity index (χ3n) is 2.31. The first-order valence-corrected chi connectivity index (χ1v) is 5.71. The maximum absolute atomic E-state index is 5.59. The third-order valence-corrected chi connectivity index (χ3v) is 2.31. The van der Waals surface area contributed by atoms with Gasteiger partial charge in [0.2, 0.25) is 5.88 Å². The standard InChI is InChI=1S/C12H17N3O2/c1-3-13-7-10-4-5-11(17-10)8-16-12-6-9(2)14-15-12/h4-6,13H,3,7-8H2,1-2H3,(H,14,15). The molecule has 92 valence electrons. The summed E-state index contributed by atoms with van der Waals surface area (Å²) in [6, 6.07) is 5.73. The predicted octanol–water partition coefficient (Wildman–Crippen LogP) is 2.00. The Labute approximate surface area is 100 Å². The van der Waals surface area contributed by atoms with Crippen LogP contribution in [0.25, 0.3) is 0 Å². The summed E-state index contributed by atoms with van der Waals surface area (Å²) in [5.74, 6) is 2.31. The van der Waals surface area contributed by atoms with Crippen molar-refractivity contribution >= 4 is 0 Å². The SMILES string of the molecule is CCNCc1ccc(COc2cc(C)[nH]n2)o1. The van der Waals surface area contributed by atoms with Gasteiger partial charge in [-0.25, -0.2) is 0 Å². The molecule has 0 aliphatic heterocycles. The molecule has 0 spiro atoms. The number of nitrogens with zero attached hydrogens (tertiary/aromatic N) is 1. The molecular weight excluding hydrogens is 218 g/mol. The molecule has 5 nitrogen and oxygen atoms in total. The first-order chi connectivity index (χ1) is 8.28. The average Bonchev–Trinajstić information content (AvgIpc) is 2.93. The van der Waals surface area contributed by atoms with E-state index in [1.165, 1.54) is 0 Å². The minimum atomic E-state index is 0.399. The van der Waals surface area contributed by atoms with Crippen LogP contribution >= 0.6 is 0 Å². The van der Waals surface area contributed by atoms with Crippen LogP contribution in [-0.2, 0) is 13.2 Å². The van der Waals surface area contributed by atoms with Crippen LogP contribution in [0.15, 0.2) is 22.6 Å². The van der Waals surface area contributed by atoms with Gasteiger partial charge in [-0.1, -0.05) is 6.92 Å². The number of rotatable bonds is 6. The summed E-state index contributed by atoms with van der Waals surface area (Å²) in [5.41, 5.74) is 0.979. The lowest BCUT2D eigenvalue weighted by Gasteiger charge is -1.99. The van der Waals surface area contributed by atoms with Crippen LogP contribution in [0.2, 0.25) is 0 Å². The van der Waals surface area contributed by atoms with Gasteiger partial charge in [0.25, 0.3) is 0 Å². The van der Waals surface area contributed by atoms with E-state index < -0.39 is 0 Å². The topological polar surface area (TPSA) is 63.1 Å². The average molecular weight is 235 g/mol. The van der Waals surface area contributed by atoms with E-state index >= 15 is 0 Å². The van der Waals surface area contributed by atoms with Crippen molar-refractivity contribution in [1.29, 1.82) is 0 Å². The second kappa shape index (κ2) is 5.54. The molecule has 2 rings (SSSR count). The molecule has 0 atom stereocenters. The van der Waals surface area contributed by atoms with Crippen LogP contribution in [-0.4, -0.2) is 16.7 Å². The van der Waals surface area contributed by atoms with Crippen molar-refractivity contribution in [2.24, 2.45) is 0 Å². The van der Waals surface area contributed by atoms with Crippen molar-refractivity contribution in [3.05, 3.63) is 35.4 Å². The van der Waals surface area contributed by atoms with E-state index in [-0.39, 0.29) is 0 Å². The van der Waals surface area contributed by atoms with Crippen LogP contribution in [0.5, 0.6) is 5.88 Å². The zero-order valence-electron chi connectivity index (χ0n) is 10.1. The fraction of sp³-hybridized carbons (Fsp3) is 0.417. The van der Waals surface area contributed by atoms with Crippen molar-refractivity contribution in [2.75, 3.05) is 6.54 Å². The molecule has 0 bridgehead atoms. The maximum Gasteiger partial charge on any atom is 0.233 e. The monoisotopic (exact) mass is 235 g/mol. The third kappa shape index (κ3) is 3.35. The van der Waals surface area contributed by atoms with E-state index in [0.29, 0.717) is 12.5 Å². The fourth-order valence-electron chi connectivity index (χ4n) is 1.46. The first kappa shape index (κ1) is 11.7. The number of hydrogen-bond donors (Lipinski definition) is 2. The van der Waals surface area contributed by atoms with Gasteiger partial charge < -0.3 is 14.5 Å². The van der Waals surface area contributed by atoms with Crippen molar-refractivity contribution in [1.82, 2.24) is 15.5 Å². The van der Waals surface area contributed by atoms with Crippen LogP contribution in [0, 0.1) is 6.92 Å². The van der Waals surface area contributed by atoms with E-state index in [1.54, 1.807) is 0 Å². The lowest BCUT2D eigenvalue weighted by Crippen LogP contribution is -2.10. The Morgan fingerprint density at radius 2 is 2.24 bits per heavy atom. The molecule has 0 saturated heterocycles. The summed E-state index contributed by atoms with van der Waals surface area (Å²) in [5, 5.41) is 10.0. The van der Waals surface area contributed by atoms with Gasteiger partial charge in [-0.15, -0.1) is 5.10 Å². The molecular formula is C12H17N3O2. The van der Waals surface area contributed by atoms with Gasteiger partial charge in [0.1, 0.15) is 18.1 Å². The Hall–Kier alpha value is -1.75. The van der Waals surface area contributed by atoms with Gasteiger partial charge in [-0.3, -0.25) is 5.10 Å². The number of aromatic nitrogens is 2. The number of ether oxygens (including phenoxy) is 1. The number of hydrogen-bond acceptors (Lipinski definition) is 4. The summed E-state index contributed by atoms with van der Waals surface area (Å²) < 4.78 is 11.1. The maximum atomic E-state index is 5.59. The number of furan rings is 1. The fourth-order valence-corrected chi connectivity index (χ4v) is 1.46. The molecule has 2 N–H and O–H groups in total. The molecule has 2 aromatic heterocycles. The number of H-pyrrole nitrogens is 1. The highest BCUT2D eigenvalue weighted by Gasteiger charge is 2.04. The first-order valence-electron chi connectivity index (χ1n) is 5.71. The summed E-state index contributed by atoms with van der Waals surface area (Å²) >= 11 is 0. The zero-order chi connectivity index (χ0) is 12.1. The molecule has 0 aliphatic carbocycles. The van der Waals surface area contributed by atoms with Gasteiger partial charge >= 0.3 is 0 Å². The molecule has 17 heavy (non-hydrogen) atoms. The quantitative estimate of drug-likeness (QED) is 0.803. The highest BCUT2D eigenvalue weighted by atomic mass is 16.5. The Morgan fingerprint density at radius 1 is 1.41 bits per heavy atom. The Balaban J connectivity index is 1.84.